The molecule has 0 fully saturated rings. The second-order valence-electron chi connectivity index (χ2n) is 5.46. The summed E-state index contributed by atoms with van der Waals surface area (Å²) in [6, 6.07) is 15.0. The number of methoxy groups -OCH3 is 1. The van der Waals surface area contributed by atoms with Crippen LogP contribution in [-0.2, 0) is 11.3 Å². The molecule has 0 aliphatic heterocycles. The Bertz CT molecular complexity index is 687. The van der Waals surface area contributed by atoms with E-state index in [0.29, 0.717) is 31.1 Å². The number of carbonyl (C=O) groups is 1. The maximum atomic E-state index is 12.5. The van der Waals surface area contributed by atoms with E-state index in [1.165, 1.54) is 0 Å². The third kappa shape index (κ3) is 5.41. The van der Waals surface area contributed by atoms with Gasteiger partial charge in [-0.1, -0.05) is 31.2 Å². The maximum Gasteiger partial charge on any atom is 0.261 e. The monoisotopic (exact) mass is 343 g/mol. The number of rotatable bonds is 9. The van der Waals surface area contributed by atoms with E-state index in [9.17, 15) is 4.79 Å². The highest BCUT2D eigenvalue weighted by atomic mass is 16.5. The lowest BCUT2D eigenvalue weighted by molar-refractivity contribution is -0.128. The fourth-order valence-electron chi connectivity index (χ4n) is 2.41. The summed E-state index contributed by atoms with van der Waals surface area (Å²) in [5.74, 6) is 1.81. The molecule has 2 aromatic rings. The summed E-state index contributed by atoms with van der Waals surface area (Å²) in [6.45, 7) is 4.89. The fourth-order valence-corrected chi connectivity index (χ4v) is 2.41. The van der Waals surface area contributed by atoms with E-state index in [1.54, 1.807) is 19.2 Å². The molecule has 0 saturated carbocycles. The first kappa shape index (κ1) is 18.6. The topological polar surface area (TPSA) is 56.8 Å². The standard InChI is InChI=1S/C20H25NO4/c1-4-17(25-19-12-7-6-11-18(19)23-3)20(22)21-14-15-9-8-10-16(13-15)24-5-2/h6-13,17H,4-5,14H2,1-3H3,(H,21,22)/t17-/m0/s1. The molecule has 0 spiro atoms. The maximum absolute atomic E-state index is 12.5. The van der Waals surface area contributed by atoms with Gasteiger partial charge in [-0.05, 0) is 43.2 Å². The molecule has 1 N–H and O–H groups in total. The molecule has 25 heavy (non-hydrogen) atoms. The Morgan fingerprint density at radius 1 is 1.08 bits per heavy atom. The van der Waals surface area contributed by atoms with Crippen molar-refractivity contribution < 1.29 is 19.0 Å². The molecular formula is C20H25NO4. The van der Waals surface area contributed by atoms with Crippen molar-refractivity contribution in [2.75, 3.05) is 13.7 Å². The van der Waals surface area contributed by atoms with Gasteiger partial charge in [0.1, 0.15) is 5.75 Å². The van der Waals surface area contributed by atoms with Crippen molar-refractivity contribution in [2.24, 2.45) is 0 Å². The summed E-state index contributed by atoms with van der Waals surface area (Å²) >= 11 is 0. The van der Waals surface area contributed by atoms with Gasteiger partial charge < -0.3 is 19.5 Å². The summed E-state index contributed by atoms with van der Waals surface area (Å²) < 4.78 is 16.6. The zero-order valence-corrected chi connectivity index (χ0v) is 15.0. The van der Waals surface area contributed by atoms with Crippen LogP contribution >= 0.6 is 0 Å². The predicted octanol–water partition coefficient (Wildman–Crippen LogP) is 3.57. The van der Waals surface area contributed by atoms with Gasteiger partial charge in [0.05, 0.1) is 13.7 Å². The lowest BCUT2D eigenvalue weighted by Crippen LogP contribution is -2.37. The molecule has 0 aliphatic carbocycles. The average molecular weight is 343 g/mol. The van der Waals surface area contributed by atoms with Gasteiger partial charge in [-0.25, -0.2) is 0 Å². The highest BCUT2D eigenvalue weighted by Gasteiger charge is 2.19. The summed E-state index contributed by atoms with van der Waals surface area (Å²) in [7, 11) is 1.58. The molecule has 0 saturated heterocycles. The molecule has 0 aromatic heterocycles. The van der Waals surface area contributed by atoms with Crippen LogP contribution in [0.3, 0.4) is 0 Å². The lowest BCUT2D eigenvalue weighted by Gasteiger charge is -2.19. The molecule has 0 radical (unpaired) electrons. The first-order chi connectivity index (χ1) is 12.2. The fraction of sp³-hybridized carbons (Fsp3) is 0.350. The molecule has 2 aromatic carbocycles. The first-order valence-corrected chi connectivity index (χ1v) is 8.47. The van der Waals surface area contributed by atoms with Crippen LogP contribution in [0.1, 0.15) is 25.8 Å². The van der Waals surface area contributed by atoms with Gasteiger partial charge in [-0.3, -0.25) is 4.79 Å². The van der Waals surface area contributed by atoms with Gasteiger partial charge in [0.25, 0.3) is 5.91 Å². The van der Waals surface area contributed by atoms with Crippen LogP contribution in [0.5, 0.6) is 17.2 Å². The highest BCUT2D eigenvalue weighted by molar-refractivity contribution is 5.81. The highest BCUT2D eigenvalue weighted by Crippen LogP contribution is 2.27. The Kier molecular flexibility index (Phi) is 7.14. The molecule has 0 unspecified atom stereocenters. The molecule has 0 bridgehead atoms. The minimum absolute atomic E-state index is 0.157. The van der Waals surface area contributed by atoms with Crippen molar-refractivity contribution in [1.29, 1.82) is 0 Å². The van der Waals surface area contributed by atoms with Crippen molar-refractivity contribution in [3.05, 3.63) is 54.1 Å². The van der Waals surface area contributed by atoms with E-state index in [0.717, 1.165) is 11.3 Å². The number of carbonyl (C=O) groups excluding carboxylic acids is 1. The van der Waals surface area contributed by atoms with Crippen LogP contribution in [0.25, 0.3) is 0 Å². The molecule has 1 atom stereocenters. The van der Waals surface area contributed by atoms with Crippen molar-refractivity contribution in [3.63, 3.8) is 0 Å². The first-order valence-electron chi connectivity index (χ1n) is 8.47. The SMILES string of the molecule is CCOc1cccc(CNC(=O)[C@H](CC)Oc2ccccc2OC)c1. The van der Waals surface area contributed by atoms with Crippen molar-refractivity contribution in [1.82, 2.24) is 5.32 Å². The number of hydrogen-bond acceptors (Lipinski definition) is 4. The summed E-state index contributed by atoms with van der Waals surface area (Å²) in [5.41, 5.74) is 0.978. The van der Waals surface area contributed by atoms with Crippen molar-refractivity contribution in [3.8, 4) is 17.2 Å². The van der Waals surface area contributed by atoms with E-state index in [-0.39, 0.29) is 5.91 Å². The molecule has 0 heterocycles. The smallest absolute Gasteiger partial charge is 0.261 e. The Labute approximate surface area is 148 Å². The quantitative estimate of drug-likeness (QED) is 0.756. The van der Waals surface area contributed by atoms with Gasteiger partial charge in [-0.2, -0.15) is 0 Å². The van der Waals surface area contributed by atoms with E-state index in [2.05, 4.69) is 5.32 Å². The molecule has 5 nitrogen and oxygen atoms in total. The molecular weight excluding hydrogens is 318 g/mol. The molecule has 2 rings (SSSR count). The Morgan fingerprint density at radius 3 is 2.52 bits per heavy atom. The van der Waals surface area contributed by atoms with E-state index < -0.39 is 6.10 Å². The number of para-hydroxylation sites is 2. The predicted molar refractivity (Wildman–Crippen MR) is 97.2 cm³/mol. The number of hydrogen-bond donors (Lipinski definition) is 1. The number of nitrogens with one attached hydrogen (secondary N) is 1. The third-order valence-electron chi connectivity index (χ3n) is 3.68. The zero-order valence-electron chi connectivity index (χ0n) is 15.0. The molecule has 0 aliphatic rings. The summed E-state index contributed by atoms with van der Waals surface area (Å²) in [6.07, 6.45) is -0.0190. The lowest BCUT2D eigenvalue weighted by atomic mass is 10.2. The minimum Gasteiger partial charge on any atom is -0.494 e. The third-order valence-corrected chi connectivity index (χ3v) is 3.68. The zero-order chi connectivity index (χ0) is 18.1. The van der Waals surface area contributed by atoms with E-state index in [4.69, 9.17) is 14.2 Å². The van der Waals surface area contributed by atoms with E-state index in [1.807, 2.05) is 50.2 Å². The summed E-state index contributed by atoms with van der Waals surface area (Å²) in [4.78, 5) is 12.5. The molecule has 5 heteroatoms. The second-order valence-corrected chi connectivity index (χ2v) is 5.46. The van der Waals surface area contributed by atoms with Crippen LogP contribution in [0.2, 0.25) is 0 Å². The van der Waals surface area contributed by atoms with Gasteiger partial charge in [0.15, 0.2) is 17.6 Å². The van der Waals surface area contributed by atoms with Gasteiger partial charge >= 0.3 is 0 Å². The normalized spacial score (nSPS) is 11.5. The molecule has 1 amide bonds. The van der Waals surface area contributed by atoms with Crippen LogP contribution in [0.15, 0.2) is 48.5 Å². The van der Waals surface area contributed by atoms with Crippen LogP contribution in [0.4, 0.5) is 0 Å². The number of benzene rings is 2. The Morgan fingerprint density at radius 2 is 1.84 bits per heavy atom. The van der Waals surface area contributed by atoms with Crippen molar-refractivity contribution in [2.45, 2.75) is 32.9 Å². The average Bonchev–Trinajstić information content (AvgIpc) is 2.65. The van der Waals surface area contributed by atoms with Gasteiger partial charge in [0, 0.05) is 6.54 Å². The molecule has 134 valence electrons. The Hall–Kier alpha value is -2.69. The minimum atomic E-state index is -0.577. The number of amides is 1. The van der Waals surface area contributed by atoms with E-state index >= 15 is 0 Å². The van der Waals surface area contributed by atoms with Crippen molar-refractivity contribution >= 4 is 5.91 Å². The van der Waals surface area contributed by atoms with Crippen LogP contribution < -0.4 is 19.5 Å². The number of ether oxygens (including phenoxy) is 3. The summed E-state index contributed by atoms with van der Waals surface area (Å²) in [5, 5.41) is 2.92. The Balaban J connectivity index is 1.97. The second kappa shape index (κ2) is 9.57. The van der Waals surface area contributed by atoms with Gasteiger partial charge in [0.2, 0.25) is 0 Å². The van der Waals surface area contributed by atoms with Crippen LogP contribution in [-0.4, -0.2) is 25.7 Å². The largest absolute Gasteiger partial charge is 0.494 e. The van der Waals surface area contributed by atoms with Gasteiger partial charge in [-0.15, -0.1) is 0 Å². The van der Waals surface area contributed by atoms with Crippen LogP contribution in [0, 0.1) is 0 Å².